The van der Waals surface area contributed by atoms with Gasteiger partial charge in [-0.15, -0.1) is 0 Å². The maximum Gasteiger partial charge on any atom is 0.222 e. The number of nitrogens with zero attached hydrogens (tertiary/aromatic N) is 4. The number of anilines is 2. The minimum Gasteiger partial charge on any atom is -0.381 e. The molecule has 3 N–H and O–H groups in total. The van der Waals surface area contributed by atoms with Crippen LogP contribution in [0.5, 0.6) is 0 Å². The topological polar surface area (TPSA) is 90.9 Å². The fraction of sp³-hybridized carbons (Fsp3) is 0.562. The minimum atomic E-state index is 0.298. The van der Waals surface area contributed by atoms with Gasteiger partial charge in [-0.05, 0) is 26.7 Å². The third-order valence-corrected chi connectivity index (χ3v) is 4.80. The third-order valence-electron chi connectivity index (χ3n) is 4.26. The summed E-state index contributed by atoms with van der Waals surface area (Å²) in [5, 5.41) is 8.49. The molecule has 1 aliphatic rings. The summed E-state index contributed by atoms with van der Waals surface area (Å²) >= 11 is 6.16. The Labute approximate surface area is 146 Å². The molecule has 8 heteroatoms. The number of nitrogen functional groups attached to an aromatic ring is 1. The van der Waals surface area contributed by atoms with Crippen LogP contribution in [0.3, 0.4) is 0 Å². The van der Waals surface area contributed by atoms with Crippen LogP contribution >= 0.6 is 11.6 Å². The molecule has 3 heterocycles. The van der Waals surface area contributed by atoms with E-state index in [2.05, 4.69) is 20.4 Å². The van der Waals surface area contributed by atoms with E-state index in [1.54, 1.807) is 0 Å². The van der Waals surface area contributed by atoms with Gasteiger partial charge < -0.3 is 15.8 Å². The summed E-state index contributed by atoms with van der Waals surface area (Å²) < 4.78 is 7.36. The van der Waals surface area contributed by atoms with E-state index in [0.29, 0.717) is 18.5 Å². The van der Waals surface area contributed by atoms with Crippen LogP contribution in [-0.2, 0) is 11.3 Å². The van der Waals surface area contributed by atoms with Gasteiger partial charge in [0.05, 0.1) is 28.7 Å². The van der Waals surface area contributed by atoms with E-state index < -0.39 is 0 Å². The van der Waals surface area contributed by atoms with Crippen LogP contribution in [0, 0.1) is 13.8 Å². The zero-order chi connectivity index (χ0) is 17.1. The Morgan fingerprint density at radius 3 is 2.92 bits per heavy atom. The lowest BCUT2D eigenvalue weighted by atomic mass is 10.0. The summed E-state index contributed by atoms with van der Waals surface area (Å²) in [5.74, 6) is 1.37. The monoisotopic (exact) mass is 350 g/mol. The molecule has 1 atom stereocenters. The van der Waals surface area contributed by atoms with Crippen molar-refractivity contribution >= 4 is 23.4 Å². The summed E-state index contributed by atoms with van der Waals surface area (Å²) in [6, 6.07) is 1.97. The Morgan fingerprint density at radius 1 is 1.42 bits per heavy atom. The minimum absolute atomic E-state index is 0.298. The van der Waals surface area contributed by atoms with Gasteiger partial charge in [0.1, 0.15) is 5.82 Å². The maximum absolute atomic E-state index is 6.16. The van der Waals surface area contributed by atoms with Crippen LogP contribution in [-0.4, -0.2) is 39.5 Å². The molecule has 0 radical (unpaired) electrons. The summed E-state index contributed by atoms with van der Waals surface area (Å²) in [5.41, 5.74) is 8.65. The zero-order valence-corrected chi connectivity index (χ0v) is 14.8. The van der Waals surface area contributed by atoms with Crippen LogP contribution < -0.4 is 11.1 Å². The molecule has 130 valence electrons. The van der Waals surface area contributed by atoms with Gasteiger partial charge >= 0.3 is 0 Å². The predicted octanol–water partition coefficient (Wildman–Crippen LogP) is 2.53. The van der Waals surface area contributed by atoms with E-state index in [9.17, 15) is 0 Å². The molecular formula is C16H23ClN6O. The Kier molecular flexibility index (Phi) is 5.20. The van der Waals surface area contributed by atoms with Crippen molar-refractivity contribution < 1.29 is 4.74 Å². The van der Waals surface area contributed by atoms with Gasteiger partial charge in [-0.2, -0.15) is 10.1 Å². The van der Waals surface area contributed by atoms with Gasteiger partial charge in [-0.3, -0.25) is 4.68 Å². The van der Waals surface area contributed by atoms with Crippen molar-refractivity contribution in [2.75, 3.05) is 30.8 Å². The van der Waals surface area contributed by atoms with Gasteiger partial charge in [0.25, 0.3) is 0 Å². The van der Waals surface area contributed by atoms with Gasteiger partial charge in [0.15, 0.2) is 0 Å². The first-order chi connectivity index (χ1) is 11.5. The quantitative estimate of drug-likeness (QED) is 0.778. The summed E-state index contributed by atoms with van der Waals surface area (Å²) in [7, 11) is 0. The van der Waals surface area contributed by atoms with E-state index in [1.165, 1.54) is 0 Å². The Hall–Kier alpha value is -1.86. The number of aryl methyl sites for hydroxylation is 2. The molecule has 2 aromatic rings. The summed E-state index contributed by atoms with van der Waals surface area (Å²) in [6.07, 6.45) is 1.89. The molecule has 1 unspecified atom stereocenters. The highest BCUT2D eigenvalue weighted by atomic mass is 35.5. The molecule has 1 aliphatic heterocycles. The average molecular weight is 351 g/mol. The first-order valence-corrected chi connectivity index (χ1v) is 8.58. The summed E-state index contributed by atoms with van der Waals surface area (Å²) in [6.45, 7) is 6.96. The highest BCUT2D eigenvalue weighted by Crippen LogP contribution is 2.25. The number of aromatic nitrogens is 4. The predicted molar refractivity (Wildman–Crippen MR) is 94.4 cm³/mol. The lowest BCUT2D eigenvalue weighted by Gasteiger charge is -2.11. The molecule has 2 aromatic heterocycles. The molecule has 3 rings (SSSR count). The lowest BCUT2D eigenvalue weighted by molar-refractivity contribution is 0.193. The fourth-order valence-electron chi connectivity index (χ4n) is 2.89. The van der Waals surface area contributed by atoms with Crippen molar-refractivity contribution in [3.63, 3.8) is 0 Å². The fourth-order valence-corrected chi connectivity index (χ4v) is 3.03. The molecule has 0 aliphatic carbocycles. The van der Waals surface area contributed by atoms with Crippen molar-refractivity contribution in [3.8, 4) is 0 Å². The van der Waals surface area contributed by atoms with E-state index >= 15 is 0 Å². The number of hydrogen-bond donors (Lipinski definition) is 2. The van der Waals surface area contributed by atoms with Crippen molar-refractivity contribution in [2.24, 2.45) is 0 Å². The number of nitrogens with one attached hydrogen (secondary N) is 1. The van der Waals surface area contributed by atoms with E-state index in [4.69, 9.17) is 22.1 Å². The largest absolute Gasteiger partial charge is 0.381 e. The molecule has 24 heavy (non-hydrogen) atoms. The normalized spacial score (nSPS) is 17.4. The van der Waals surface area contributed by atoms with Crippen LogP contribution in [0.25, 0.3) is 0 Å². The molecule has 0 bridgehead atoms. The Balaban J connectivity index is 1.55. The lowest BCUT2D eigenvalue weighted by Crippen LogP contribution is -2.12. The van der Waals surface area contributed by atoms with E-state index in [0.717, 1.165) is 60.5 Å². The molecule has 7 nitrogen and oxygen atoms in total. The van der Waals surface area contributed by atoms with Crippen LogP contribution in [0.2, 0.25) is 5.02 Å². The van der Waals surface area contributed by atoms with Crippen LogP contribution in [0.1, 0.15) is 35.8 Å². The van der Waals surface area contributed by atoms with Gasteiger partial charge in [0, 0.05) is 31.7 Å². The SMILES string of the molecule is Cc1nn(CCCNc2cc(C3CCOC3)nc(N)n2)c(C)c1Cl. The average Bonchev–Trinajstić information content (AvgIpc) is 3.17. The molecule has 0 aromatic carbocycles. The van der Waals surface area contributed by atoms with Crippen molar-refractivity contribution in [1.29, 1.82) is 0 Å². The number of nitrogens with two attached hydrogens (primary N) is 1. The smallest absolute Gasteiger partial charge is 0.222 e. The highest BCUT2D eigenvalue weighted by Gasteiger charge is 2.20. The molecule has 1 fully saturated rings. The standard InChI is InChI=1S/C16H23ClN6O/c1-10-15(17)11(2)23(22-10)6-3-5-19-14-8-13(20-16(18)21-14)12-4-7-24-9-12/h8,12H,3-7,9H2,1-2H3,(H3,18,19,20,21). The number of halogens is 1. The Morgan fingerprint density at radius 2 is 2.25 bits per heavy atom. The molecule has 1 saturated heterocycles. The van der Waals surface area contributed by atoms with E-state index in [1.807, 2.05) is 24.6 Å². The van der Waals surface area contributed by atoms with Crippen molar-refractivity contribution in [1.82, 2.24) is 19.7 Å². The number of rotatable bonds is 6. The third kappa shape index (κ3) is 3.79. The van der Waals surface area contributed by atoms with Crippen LogP contribution in [0.15, 0.2) is 6.07 Å². The number of hydrogen-bond acceptors (Lipinski definition) is 6. The summed E-state index contributed by atoms with van der Waals surface area (Å²) in [4.78, 5) is 8.59. The van der Waals surface area contributed by atoms with Crippen molar-refractivity contribution in [3.05, 3.63) is 28.2 Å². The van der Waals surface area contributed by atoms with Crippen LogP contribution in [0.4, 0.5) is 11.8 Å². The first-order valence-electron chi connectivity index (χ1n) is 8.20. The van der Waals surface area contributed by atoms with Gasteiger partial charge in [-0.1, -0.05) is 11.6 Å². The van der Waals surface area contributed by atoms with Gasteiger partial charge in [0.2, 0.25) is 5.95 Å². The number of ether oxygens (including phenoxy) is 1. The van der Waals surface area contributed by atoms with Crippen molar-refractivity contribution in [2.45, 2.75) is 39.2 Å². The first kappa shape index (κ1) is 17.0. The van der Waals surface area contributed by atoms with Gasteiger partial charge in [-0.25, -0.2) is 4.98 Å². The maximum atomic E-state index is 6.16. The second-order valence-electron chi connectivity index (χ2n) is 6.09. The molecule has 0 saturated carbocycles. The second-order valence-corrected chi connectivity index (χ2v) is 6.46. The molecular weight excluding hydrogens is 328 g/mol. The van der Waals surface area contributed by atoms with E-state index in [-0.39, 0.29) is 0 Å². The molecule has 0 spiro atoms. The molecule has 0 amide bonds. The zero-order valence-electron chi connectivity index (χ0n) is 14.0. The Bertz CT molecular complexity index is 711. The highest BCUT2D eigenvalue weighted by molar-refractivity contribution is 6.31. The second kappa shape index (κ2) is 7.36.